The Morgan fingerprint density at radius 1 is 0.886 bits per heavy atom. The number of benzene rings is 1. The van der Waals surface area contributed by atoms with Crippen LogP contribution >= 0.6 is 25.3 Å². The Morgan fingerprint density at radius 3 is 2.09 bits per heavy atom. The van der Waals surface area contributed by atoms with Crippen LogP contribution in [0.2, 0.25) is 0 Å². The molecular formula is C21H27N5O7S2. The molecule has 0 saturated heterocycles. The van der Waals surface area contributed by atoms with Crippen LogP contribution in [0, 0.1) is 0 Å². The van der Waals surface area contributed by atoms with Gasteiger partial charge in [-0.15, -0.1) is 0 Å². The number of carboxylic acids is 2. The normalized spacial score (nSPS) is 14.4. The zero-order valence-corrected chi connectivity index (χ0v) is 20.2. The summed E-state index contributed by atoms with van der Waals surface area (Å²) in [5.41, 5.74) is 7.05. The number of aromatic nitrogens is 1. The van der Waals surface area contributed by atoms with Gasteiger partial charge in [0.15, 0.2) is 0 Å². The number of rotatable bonds is 13. The largest absolute Gasteiger partial charge is 0.481 e. The molecule has 0 aliphatic rings. The van der Waals surface area contributed by atoms with Crippen molar-refractivity contribution in [2.24, 2.45) is 5.73 Å². The minimum Gasteiger partial charge on any atom is -0.481 e. The summed E-state index contributed by atoms with van der Waals surface area (Å²) in [5.74, 6) is -5.35. The maximum atomic E-state index is 13.0. The van der Waals surface area contributed by atoms with Crippen molar-refractivity contribution in [1.82, 2.24) is 20.9 Å². The third-order valence-electron chi connectivity index (χ3n) is 5.07. The summed E-state index contributed by atoms with van der Waals surface area (Å²) in [4.78, 5) is 63.5. The Bertz CT molecular complexity index is 1090. The molecule has 190 valence electrons. The van der Waals surface area contributed by atoms with E-state index in [0.717, 1.165) is 10.9 Å². The Hall–Kier alpha value is -3.23. The molecule has 0 aliphatic carbocycles. The third kappa shape index (κ3) is 7.90. The number of carbonyl (C=O) groups excluding carboxylic acids is 3. The Balaban J connectivity index is 2.28. The van der Waals surface area contributed by atoms with E-state index in [1.807, 2.05) is 12.1 Å². The molecule has 35 heavy (non-hydrogen) atoms. The van der Waals surface area contributed by atoms with E-state index in [-0.39, 0.29) is 17.9 Å². The molecule has 0 saturated carbocycles. The van der Waals surface area contributed by atoms with Gasteiger partial charge in [-0.05, 0) is 11.6 Å². The van der Waals surface area contributed by atoms with Crippen LogP contribution in [0.3, 0.4) is 0 Å². The molecule has 0 bridgehead atoms. The number of fused-ring (bicyclic) bond motifs is 1. The van der Waals surface area contributed by atoms with Crippen LogP contribution < -0.4 is 21.7 Å². The van der Waals surface area contributed by atoms with Gasteiger partial charge in [0.1, 0.15) is 18.1 Å². The number of nitrogens with one attached hydrogen (secondary N) is 4. The van der Waals surface area contributed by atoms with E-state index in [0.29, 0.717) is 5.56 Å². The monoisotopic (exact) mass is 525 g/mol. The second-order valence-corrected chi connectivity index (χ2v) is 8.39. The summed E-state index contributed by atoms with van der Waals surface area (Å²) in [6, 6.07) is 2.10. The number of para-hydroxylation sites is 1. The highest BCUT2D eigenvalue weighted by Crippen LogP contribution is 2.19. The summed E-state index contributed by atoms with van der Waals surface area (Å²) < 4.78 is 0. The molecule has 0 aliphatic heterocycles. The minimum absolute atomic E-state index is 0.0402. The molecule has 1 aromatic carbocycles. The summed E-state index contributed by atoms with van der Waals surface area (Å²) in [6.07, 6.45) is 0.739. The van der Waals surface area contributed by atoms with Crippen molar-refractivity contribution < 1.29 is 34.2 Å². The van der Waals surface area contributed by atoms with Crippen molar-refractivity contribution in [3.05, 3.63) is 36.0 Å². The van der Waals surface area contributed by atoms with Crippen LogP contribution in [-0.4, -0.2) is 80.5 Å². The molecule has 4 unspecified atom stereocenters. The highest BCUT2D eigenvalue weighted by Gasteiger charge is 2.31. The number of carbonyl (C=O) groups is 5. The van der Waals surface area contributed by atoms with E-state index >= 15 is 0 Å². The zero-order valence-electron chi connectivity index (χ0n) is 18.4. The second-order valence-electron chi connectivity index (χ2n) is 7.65. The fourth-order valence-corrected chi connectivity index (χ4v) is 3.63. The number of thiol groups is 2. The van der Waals surface area contributed by atoms with Gasteiger partial charge in [-0.3, -0.25) is 19.2 Å². The summed E-state index contributed by atoms with van der Waals surface area (Å²) in [5, 5.41) is 26.1. The lowest BCUT2D eigenvalue weighted by molar-refractivity contribution is -0.147. The molecule has 0 fully saturated rings. The van der Waals surface area contributed by atoms with Crippen LogP contribution in [0.15, 0.2) is 30.5 Å². The van der Waals surface area contributed by atoms with Gasteiger partial charge in [-0.25, -0.2) is 4.79 Å². The molecule has 3 amide bonds. The lowest BCUT2D eigenvalue weighted by atomic mass is 10.0. The van der Waals surface area contributed by atoms with E-state index in [4.69, 9.17) is 10.8 Å². The Labute approximate surface area is 211 Å². The van der Waals surface area contributed by atoms with Crippen molar-refractivity contribution in [3.8, 4) is 0 Å². The number of H-pyrrole nitrogens is 1. The molecule has 8 N–H and O–H groups in total. The Morgan fingerprint density at radius 2 is 1.49 bits per heavy atom. The van der Waals surface area contributed by atoms with Crippen molar-refractivity contribution in [3.63, 3.8) is 0 Å². The minimum atomic E-state index is -1.71. The second kappa shape index (κ2) is 13.0. The number of carboxylic acid groups (broad SMARTS) is 2. The highest BCUT2D eigenvalue weighted by molar-refractivity contribution is 7.80. The number of nitrogens with two attached hydrogens (primary N) is 1. The maximum absolute atomic E-state index is 13.0. The fourth-order valence-electron chi connectivity index (χ4n) is 3.20. The quantitative estimate of drug-likeness (QED) is 0.147. The average molecular weight is 526 g/mol. The van der Waals surface area contributed by atoms with Gasteiger partial charge in [-0.2, -0.15) is 25.3 Å². The first-order valence-corrected chi connectivity index (χ1v) is 11.7. The topological polar surface area (TPSA) is 204 Å². The maximum Gasteiger partial charge on any atom is 0.326 e. The fraction of sp³-hybridized carbons (Fsp3) is 0.381. The number of hydrogen-bond donors (Lipinski definition) is 9. The van der Waals surface area contributed by atoms with E-state index < -0.39 is 60.2 Å². The number of amides is 3. The van der Waals surface area contributed by atoms with Gasteiger partial charge in [0.05, 0.1) is 12.5 Å². The van der Waals surface area contributed by atoms with Crippen LogP contribution in [-0.2, 0) is 30.4 Å². The molecule has 2 rings (SSSR count). The first-order chi connectivity index (χ1) is 16.6. The van der Waals surface area contributed by atoms with Crippen molar-refractivity contribution in [2.45, 2.75) is 37.0 Å². The van der Waals surface area contributed by atoms with E-state index in [9.17, 15) is 29.1 Å². The summed E-state index contributed by atoms with van der Waals surface area (Å²) >= 11 is 8.02. The number of hydrogen-bond acceptors (Lipinski definition) is 8. The van der Waals surface area contributed by atoms with E-state index in [2.05, 4.69) is 46.2 Å². The van der Waals surface area contributed by atoms with Gasteiger partial charge in [0.2, 0.25) is 17.7 Å². The van der Waals surface area contributed by atoms with Crippen molar-refractivity contribution in [2.75, 3.05) is 11.5 Å². The van der Waals surface area contributed by atoms with Gasteiger partial charge in [0.25, 0.3) is 0 Å². The highest BCUT2D eigenvalue weighted by atomic mass is 32.1. The lowest BCUT2D eigenvalue weighted by Crippen LogP contribution is -2.58. The number of aromatic amines is 1. The average Bonchev–Trinajstić information content (AvgIpc) is 3.23. The number of aliphatic carboxylic acids is 2. The molecule has 14 heteroatoms. The lowest BCUT2D eigenvalue weighted by Gasteiger charge is -2.24. The van der Waals surface area contributed by atoms with Crippen molar-refractivity contribution >= 4 is 65.8 Å². The van der Waals surface area contributed by atoms with Crippen molar-refractivity contribution in [1.29, 1.82) is 0 Å². The van der Waals surface area contributed by atoms with Gasteiger partial charge < -0.3 is 36.9 Å². The van der Waals surface area contributed by atoms with Gasteiger partial charge >= 0.3 is 11.9 Å². The molecule has 0 radical (unpaired) electrons. The third-order valence-corrected chi connectivity index (χ3v) is 5.83. The van der Waals surface area contributed by atoms with Gasteiger partial charge in [-0.1, -0.05) is 18.2 Å². The standard InChI is InChI=1S/C21H27N5O7S2/c22-12(8-34)18(29)26-16(9-35)20(31)24-14(19(30)25-15(21(32)33)6-17(27)28)5-10-7-23-13-4-2-1-3-11(10)13/h1-4,7,12,14-16,23,34-35H,5-6,8-9,22H2,(H,24,31)(H,25,30)(H,26,29)(H,27,28)(H,32,33). The molecule has 0 spiro atoms. The predicted molar refractivity (Wildman–Crippen MR) is 133 cm³/mol. The molecule has 1 heterocycles. The molecule has 2 aromatic rings. The van der Waals surface area contributed by atoms with E-state index in [1.165, 1.54) is 0 Å². The molecule has 1 aromatic heterocycles. The van der Waals surface area contributed by atoms with Crippen LogP contribution in [0.25, 0.3) is 10.9 Å². The predicted octanol–water partition coefficient (Wildman–Crippen LogP) is -1.09. The first kappa shape index (κ1) is 28.0. The Kier molecular flexibility index (Phi) is 10.4. The molecule has 12 nitrogen and oxygen atoms in total. The first-order valence-electron chi connectivity index (χ1n) is 10.4. The van der Waals surface area contributed by atoms with Crippen LogP contribution in [0.1, 0.15) is 12.0 Å². The summed E-state index contributed by atoms with van der Waals surface area (Å²) in [7, 11) is 0. The zero-order chi connectivity index (χ0) is 26.1. The van der Waals surface area contributed by atoms with Gasteiger partial charge in [0, 0.05) is 35.0 Å². The molecular weight excluding hydrogens is 498 g/mol. The SMILES string of the molecule is NC(CS)C(=O)NC(CS)C(=O)NC(Cc1c[nH]c2ccccc12)C(=O)NC(CC(=O)O)C(=O)O. The van der Waals surface area contributed by atoms with E-state index in [1.54, 1.807) is 18.3 Å². The summed E-state index contributed by atoms with van der Waals surface area (Å²) in [6.45, 7) is 0. The molecule has 4 atom stereocenters. The van der Waals surface area contributed by atoms with Crippen LogP contribution in [0.5, 0.6) is 0 Å². The smallest absolute Gasteiger partial charge is 0.326 e. The van der Waals surface area contributed by atoms with Crippen LogP contribution in [0.4, 0.5) is 0 Å².